The van der Waals surface area contributed by atoms with Gasteiger partial charge in [-0.3, -0.25) is 18.7 Å². The smallest absolute Gasteiger partial charge is 0.331 e. The highest BCUT2D eigenvalue weighted by molar-refractivity contribution is 5.75. The second-order valence-corrected chi connectivity index (χ2v) is 5.73. The van der Waals surface area contributed by atoms with Crippen molar-refractivity contribution in [1.82, 2.24) is 19.8 Å². The number of aromatic nitrogens is 2. The number of carbonyl (C=O) groups excluding carboxylic acids is 1. The molecule has 1 heterocycles. The van der Waals surface area contributed by atoms with E-state index in [4.69, 9.17) is 4.74 Å². The van der Waals surface area contributed by atoms with Crippen molar-refractivity contribution in [1.29, 1.82) is 0 Å². The van der Waals surface area contributed by atoms with Crippen LogP contribution < -0.4 is 21.9 Å². The molecular formula is C18H24N4O4. The Hall–Kier alpha value is -2.71. The maximum absolute atomic E-state index is 12.5. The molecule has 0 saturated heterocycles. The lowest BCUT2D eigenvalue weighted by atomic mass is 10.2. The van der Waals surface area contributed by atoms with Crippen molar-refractivity contribution < 1.29 is 9.53 Å². The van der Waals surface area contributed by atoms with Crippen LogP contribution in [0, 0.1) is 0 Å². The van der Waals surface area contributed by atoms with Crippen LogP contribution in [-0.4, -0.2) is 48.4 Å². The second-order valence-electron chi connectivity index (χ2n) is 5.73. The molecule has 0 aliphatic heterocycles. The normalized spacial score (nSPS) is 10.7. The highest BCUT2D eigenvalue weighted by Gasteiger charge is 2.10. The molecule has 2 aromatic rings. The molecule has 2 rings (SSSR count). The van der Waals surface area contributed by atoms with Gasteiger partial charge in [-0.2, -0.15) is 0 Å². The third kappa shape index (κ3) is 5.98. The number of nitrogens with zero attached hydrogens (tertiary/aromatic N) is 2. The highest BCUT2D eigenvalue weighted by atomic mass is 16.5. The highest BCUT2D eigenvalue weighted by Crippen LogP contribution is 1.99. The molecule has 0 fully saturated rings. The average Bonchev–Trinajstić information content (AvgIpc) is 2.65. The van der Waals surface area contributed by atoms with Crippen molar-refractivity contribution in [2.75, 3.05) is 33.4 Å². The van der Waals surface area contributed by atoms with Crippen LogP contribution in [-0.2, 0) is 22.6 Å². The largest absolute Gasteiger partial charge is 0.383 e. The Morgan fingerprint density at radius 2 is 1.85 bits per heavy atom. The summed E-state index contributed by atoms with van der Waals surface area (Å²) in [4.78, 5) is 36.5. The van der Waals surface area contributed by atoms with E-state index < -0.39 is 11.2 Å². The number of hydrogen-bond donors (Lipinski definition) is 2. The van der Waals surface area contributed by atoms with Gasteiger partial charge in [-0.05, 0) is 5.56 Å². The van der Waals surface area contributed by atoms with E-state index in [1.807, 2.05) is 30.3 Å². The zero-order valence-electron chi connectivity index (χ0n) is 14.8. The molecule has 0 radical (unpaired) electrons. The molecule has 0 aliphatic rings. The Balaban J connectivity index is 1.96. The zero-order valence-corrected chi connectivity index (χ0v) is 14.8. The van der Waals surface area contributed by atoms with Gasteiger partial charge in [-0.25, -0.2) is 4.79 Å². The van der Waals surface area contributed by atoms with E-state index in [0.717, 1.165) is 10.1 Å². The number of hydrogen-bond acceptors (Lipinski definition) is 5. The Bertz CT molecular complexity index is 814. The summed E-state index contributed by atoms with van der Waals surface area (Å²) in [7, 11) is 1.62. The summed E-state index contributed by atoms with van der Waals surface area (Å²) in [5.41, 5.74) is -0.0613. The Kier molecular flexibility index (Phi) is 7.78. The van der Waals surface area contributed by atoms with Gasteiger partial charge in [-0.15, -0.1) is 0 Å². The SMILES string of the molecule is COCCNCCNC(=O)Cn1c(=O)ccn(Cc2ccccc2)c1=O. The molecule has 0 unspecified atom stereocenters. The van der Waals surface area contributed by atoms with Crippen molar-refractivity contribution >= 4 is 5.91 Å². The topological polar surface area (TPSA) is 94.4 Å². The van der Waals surface area contributed by atoms with E-state index in [9.17, 15) is 14.4 Å². The summed E-state index contributed by atoms with van der Waals surface area (Å²) in [6.45, 7) is 2.30. The van der Waals surface area contributed by atoms with Crippen LogP contribution in [0.1, 0.15) is 5.56 Å². The fraction of sp³-hybridized carbons (Fsp3) is 0.389. The summed E-state index contributed by atoms with van der Waals surface area (Å²) < 4.78 is 7.26. The summed E-state index contributed by atoms with van der Waals surface area (Å²) >= 11 is 0. The number of methoxy groups -OCH3 is 1. The van der Waals surface area contributed by atoms with Gasteiger partial charge in [0.25, 0.3) is 5.56 Å². The maximum atomic E-state index is 12.5. The molecule has 0 bridgehead atoms. The van der Waals surface area contributed by atoms with Crippen LogP contribution >= 0.6 is 0 Å². The van der Waals surface area contributed by atoms with Gasteiger partial charge in [0.2, 0.25) is 5.91 Å². The van der Waals surface area contributed by atoms with Gasteiger partial charge >= 0.3 is 5.69 Å². The first-order valence-electron chi connectivity index (χ1n) is 8.42. The standard InChI is InChI=1S/C18H24N4O4/c1-26-12-10-19-8-9-20-16(23)14-22-17(24)7-11-21(18(22)25)13-15-5-3-2-4-6-15/h2-7,11,19H,8-10,12-14H2,1H3,(H,20,23). The zero-order chi connectivity index (χ0) is 18.8. The maximum Gasteiger partial charge on any atom is 0.331 e. The molecular weight excluding hydrogens is 336 g/mol. The van der Waals surface area contributed by atoms with Crippen molar-refractivity contribution in [2.24, 2.45) is 0 Å². The minimum absolute atomic E-state index is 0.300. The number of ether oxygens (including phenoxy) is 1. The molecule has 0 spiro atoms. The van der Waals surface area contributed by atoms with Gasteiger partial charge in [0.05, 0.1) is 13.2 Å². The third-order valence-electron chi connectivity index (χ3n) is 3.74. The first-order valence-corrected chi connectivity index (χ1v) is 8.42. The third-order valence-corrected chi connectivity index (χ3v) is 3.74. The van der Waals surface area contributed by atoms with Crippen molar-refractivity contribution in [2.45, 2.75) is 13.1 Å². The summed E-state index contributed by atoms with van der Waals surface area (Å²) in [6, 6.07) is 10.7. The first-order chi connectivity index (χ1) is 12.6. The lowest BCUT2D eigenvalue weighted by Gasteiger charge is -2.10. The van der Waals surface area contributed by atoms with Gasteiger partial charge in [0.1, 0.15) is 6.54 Å². The number of rotatable bonds is 10. The lowest BCUT2D eigenvalue weighted by molar-refractivity contribution is -0.121. The molecule has 0 aliphatic carbocycles. The van der Waals surface area contributed by atoms with E-state index in [-0.39, 0.29) is 12.5 Å². The quantitative estimate of drug-likeness (QED) is 0.553. The Morgan fingerprint density at radius 1 is 1.08 bits per heavy atom. The fourth-order valence-corrected chi connectivity index (χ4v) is 2.39. The van der Waals surface area contributed by atoms with Crippen molar-refractivity contribution in [3.8, 4) is 0 Å². The number of benzene rings is 1. The Morgan fingerprint density at radius 3 is 2.58 bits per heavy atom. The van der Waals surface area contributed by atoms with Crippen LogP contribution in [0.3, 0.4) is 0 Å². The van der Waals surface area contributed by atoms with Gasteiger partial charge in [0.15, 0.2) is 0 Å². The number of carbonyl (C=O) groups is 1. The van der Waals surface area contributed by atoms with Crippen molar-refractivity contribution in [3.63, 3.8) is 0 Å². The van der Waals surface area contributed by atoms with Crippen LogP contribution in [0.25, 0.3) is 0 Å². The molecule has 0 atom stereocenters. The monoisotopic (exact) mass is 360 g/mol. The van der Waals surface area contributed by atoms with Crippen LogP contribution in [0.2, 0.25) is 0 Å². The molecule has 1 aromatic carbocycles. The van der Waals surface area contributed by atoms with E-state index >= 15 is 0 Å². The summed E-state index contributed by atoms with van der Waals surface area (Å²) in [5.74, 6) is -0.379. The minimum Gasteiger partial charge on any atom is -0.383 e. The van der Waals surface area contributed by atoms with Crippen LogP contribution in [0.5, 0.6) is 0 Å². The molecule has 0 saturated carbocycles. The molecule has 26 heavy (non-hydrogen) atoms. The molecule has 1 amide bonds. The van der Waals surface area contributed by atoms with E-state index in [2.05, 4.69) is 10.6 Å². The fourth-order valence-electron chi connectivity index (χ4n) is 2.39. The molecule has 8 nitrogen and oxygen atoms in total. The molecule has 1 aromatic heterocycles. The number of amides is 1. The second kappa shape index (κ2) is 10.3. The first kappa shape index (κ1) is 19.6. The molecule has 2 N–H and O–H groups in total. The predicted molar refractivity (Wildman–Crippen MR) is 98.3 cm³/mol. The molecule has 8 heteroatoms. The predicted octanol–water partition coefficient (Wildman–Crippen LogP) is -0.589. The van der Waals surface area contributed by atoms with E-state index in [0.29, 0.717) is 32.8 Å². The number of nitrogens with one attached hydrogen (secondary N) is 2. The van der Waals surface area contributed by atoms with Gasteiger partial charge in [-0.1, -0.05) is 30.3 Å². The van der Waals surface area contributed by atoms with Crippen LogP contribution in [0.4, 0.5) is 0 Å². The molecule has 140 valence electrons. The minimum atomic E-state index is -0.505. The lowest BCUT2D eigenvalue weighted by Crippen LogP contribution is -2.44. The van der Waals surface area contributed by atoms with E-state index in [1.165, 1.54) is 16.8 Å². The average molecular weight is 360 g/mol. The van der Waals surface area contributed by atoms with E-state index in [1.54, 1.807) is 7.11 Å². The summed E-state index contributed by atoms with van der Waals surface area (Å²) in [5, 5.41) is 5.77. The van der Waals surface area contributed by atoms with Crippen LogP contribution in [0.15, 0.2) is 52.2 Å². The summed E-state index contributed by atoms with van der Waals surface area (Å²) in [6.07, 6.45) is 1.45. The van der Waals surface area contributed by atoms with Gasteiger partial charge < -0.3 is 15.4 Å². The van der Waals surface area contributed by atoms with Gasteiger partial charge in [0, 0.05) is 39.0 Å². The van der Waals surface area contributed by atoms with Crippen molar-refractivity contribution in [3.05, 3.63) is 69.0 Å². The Labute approximate surface area is 151 Å².